The predicted octanol–water partition coefficient (Wildman–Crippen LogP) is 4.41. The van der Waals surface area contributed by atoms with Gasteiger partial charge in [0.05, 0.1) is 11.2 Å². The van der Waals surface area contributed by atoms with Crippen LogP contribution in [0.5, 0.6) is 0 Å². The van der Waals surface area contributed by atoms with E-state index in [0.29, 0.717) is 6.04 Å². The molecule has 0 spiro atoms. The number of pyridine rings is 1. The molecule has 5 nitrogen and oxygen atoms in total. The van der Waals surface area contributed by atoms with Crippen LogP contribution in [0.15, 0.2) is 54.6 Å². The Bertz CT molecular complexity index is 1010. The lowest BCUT2D eigenvalue weighted by Gasteiger charge is -2.33. The molecule has 1 aliphatic heterocycles. The molecule has 2 heterocycles. The minimum atomic E-state index is -0.215. The van der Waals surface area contributed by atoms with E-state index >= 15 is 0 Å². The van der Waals surface area contributed by atoms with E-state index in [4.69, 9.17) is 4.98 Å². The number of anilines is 2. The summed E-state index contributed by atoms with van der Waals surface area (Å²) in [5, 5.41) is 7.32. The number of aromatic nitrogens is 1. The fourth-order valence-corrected chi connectivity index (χ4v) is 3.86. The SMILES string of the molecule is CC(=O)Nc1ccc2nc(CN3CCCC(Nc4ccc(F)cc4)C3)ccc2c1. The summed E-state index contributed by atoms with van der Waals surface area (Å²) in [4.78, 5) is 18.4. The first-order valence-electron chi connectivity index (χ1n) is 9.97. The average molecular weight is 392 g/mol. The standard InChI is InChI=1S/C23H25FN4O/c1-16(29)25-20-10-11-23-17(13-20)4-7-22(27-23)15-28-12-2-3-21(14-28)26-19-8-5-18(24)6-9-19/h4-11,13,21,26H,2-3,12,14-15H2,1H3,(H,25,29). The fourth-order valence-electron chi connectivity index (χ4n) is 3.86. The number of likely N-dealkylation sites (tertiary alicyclic amines) is 1. The zero-order valence-electron chi connectivity index (χ0n) is 16.5. The van der Waals surface area contributed by atoms with Gasteiger partial charge >= 0.3 is 0 Å². The van der Waals surface area contributed by atoms with Gasteiger partial charge in [-0.25, -0.2) is 4.39 Å². The number of fused-ring (bicyclic) bond motifs is 1. The minimum Gasteiger partial charge on any atom is -0.381 e. The summed E-state index contributed by atoms with van der Waals surface area (Å²) < 4.78 is 13.1. The molecule has 1 aliphatic rings. The van der Waals surface area contributed by atoms with Crippen molar-refractivity contribution in [2.45, 2.75) is 32.4 Å². The van der Waals surface area contributed by atoms with Gasteiger partial charge < -0.3 is 10.6 Å². The highest BCUT2D eigenvalue weighted by Gasteiger charge is 2.20. The van der Waals surface area contributed by atoms with E-state index in [1.807, 2.05) is 18.2 Å². The molecule has 1 amide bonds. The van der Waals surface area contributed by atoms with Gasteiger partial charge in [0.2, 0.25) is 5.91 Å². The summed E-state index contributed by atoms with van der Waals surface area (Å²) in [5.74, 6) is -0.296. The summed E-state index contributed by atoms with van der Waals surface area (Å²) in [6.07, 6.45) is 2.22. The molecule has 4 rings (SSSR count). The van der Waals surface area contributed by atoms with Crippen molar-refractivity contribution in [3.05, 3.63) is 66.1 Å². The maximum absolute atomic E-state index is 13.1. The lowest BCUT2D eigenvalue weighted by atomic mass is 10.0. The van der Waals surface area contributed by atoms with Gasteiger partial charge in [-0.3, -0.25) is 14.7 Å². The molecule has 0 bridgehead atoms. The van der Waals surface area contributed by atoms with E-state index in [9.17, 15) is 9.18 Å². The molecule has 2 aromatic carbocycles. The van der Waals surface area contributed by atoms with E-state index in [2.05, 4.69) is 27.7 Å². The summed E-state index contributed by atoms with van der Waals surface area (Å²) in [5.41, 5.74) is 3.70. The third-order valence-electron chi connectivity index (χ3n) is 5.17. The third-order valence-corrected chi connectivity index (χ3v) is 5.17. The summed E-state index contributed by atoms with van der Waals surface area (Å²) >= 11 is 0. The van der Waals surface area contributed by atoms with Crippen molar-refractivity contribution < 1.29 is 9.18 Å². The Morgan fingerprint density at radius 1 is 1.14 bits per heavy atom. The average Bonchev–Trinajstić information content (AvgIpc) is 2.70. The van der Waals surface area contributed by atoms with Crippen molar-refractivity contribution >= 4 is 28.2 Å². The van der Waals surface area contributed by atoms with Crippen LogP contribution in [-0.4, -0.2) is 34.9 Å². The number of halogens is 1. The molecule has 3 aromatic rings. The second-order valence-electron chi connectivity index (χ2n) is 7.62. The van der Waals surface area contributed by atoms with Crippen LogP contribution < -0.4 is 10.6 Å². The summed E-state index contributed by atoms with van der Waals surface area (Å²) in [6.45, 7) is 4.27. The Morgan fingerprint density at radius 3 is 2.72 bits per heavy atom. The first kappa shape index (κ1) is 19.3. The Kier molecular flexibility index (Phi) is 5.71. The van der Waals surface area contributed by atoms with Crippen molar-refractivity contribution in [2.24, 2.45) is 0 Å². The normalized spacial score (nSPS) is 17.2. The van der Waals surface area contributed by atoms with Crippen molar-refractivity contribution in [3.8, 4) is 0 Å². The zero-order chi connectivity index (χ0) is 20.2. The smallest absolute Gasteiger partial charge is 0.221 e. The van der Waals surface area contributed by atoms with Crippen LogP contribution in [0.1, 0.15) is 25.5 Å². The molecule has 6 heteroatoms. The largest absolute Gasteiger partial charge is 0.381 e. The second-order valence-corrected chi connectivity index (χ2v) is 7.62. The van der Waals surface area contributed by atoms with Crippen molar-refractivity contribution in [1.29, 1.82) is 0 Å². The predicted molar refractivity (Wildman–Crippen MR) is 114 cm³/mol. The molecule has 1 atom stereocenters. The fraction of sp³-hybridized carbons (Fsp3) is 0.304. The van der Waals surface area contributed by atoms with Crippen LogP contribution in [-0.2, 0) is 11.3 Å². The number of hydrogen-bond donors (Lipinski definition) is 2. The maximum atomic E-state index is 13.1. The number of carbonyl (C=O) groups is 1. The molecule has 0 saturated carbocycles. The molecule has 1 unspecified atom stereocenters. The number of amides is 1. The number of carbonyl (C=O) groups excluding carboxylic acids is 1. The first-order chi connectivity index (χ1) is 14.0. The molecule has 150 valence electrons. The Hall–Kier alpha value is -2.99. The number of nitrogens with one attached hydrogen (secondary N) is 2. The van der Waals surface area contributed by atoms with Crippen LogP contribution in [0.4, 0.5) is 15.8 Å². The Labute approximate surface area is 169 Å². The lowest BCUT2D eigenvalue weighted by Crippen LogP contribution is -2.41. The quantitative estimate of drug-likeness (QED) is 0.675. The topological polar surface area (TPSA) is 57.3 Å². The molecule has 29 heavy (non-hydrogen) atoms. The zero-order valence-corrected chi connectivity index (χ0v) is 16.5. The van der Waals surface area contributed by atoms with Crippen molar-refractivity contribution in [3.63, 3.8) is 0 Å². The van der Waals surface area contributed by atoms with Gasteiger partial charge in [-0.1, -0.05) is 6.07 Å². The number of nitrogens with zero attached hydrogens (tertiary/aromatic N) is 2. The van der Waals surface area contributed by atoms with Crippen LogP contribution in [0.25, 0.3) is 10.9 Å². The van der Waals surface area contributed by atoms with E-state index in [1.54, 1.807) is 12.1 Å². The van der Waals surface area contributed by atoms with E-state index in [1.165, 1.54) is 19.1 Å². The maximum Gasteiger partial charge on any atom is 0.221 e. The van der Waals surface area contributed by atoms with Gasteiger partial charge in [0, 0.05) is 42.8 Å². The van der Waals surface area contributed by atoms with Crippen LogP contribution in [0.3, 0.4) is 0 Å². The van der Waals surface area contributed by atoms with Crippen LogP contribution >= 0.6 is 0 Å². The molecule has 1 fully saturated rings. The summed E-state index contributed by atoms with van der Waals surface area (Å²) in [6, 6.07) is 16.8. The van der Waals surface area contributed by atoms with Gasteiger partial charge in [0.25, 0.3) is 0 Å². The molecule has 2 N–H and O–H groups in total. The van der Waals surface area contributed by atoms with E-state index in [-0.39, 0.29) is 11.7 Å². The highest BCUT2D eigenvalue weighted by atomic mass is 19.1. The highest BCUT2D eigenvalue weighted by Crippen LogP contribution is 2.21. The minimum absolute atomic E-state index is 0.0807. The molecule has 1 aromatic heterocycles. The van der Waals surface area contributed by atoms with Crippen molar-refractivity contribution in [2.75, 3.05) is 23.7 Å². The molecular formula is C23H25FN4O. The van der Waals surface area contributed by atoms with Crippen molar-refractivity contribution in [1.82, 2.24) is 9.88 Å². The molecular weight excluding hydrogens is 367 g/mol. The van der Waals surface area contributed by atoms with Crippen LogP contribution in [0.2, 0.25) is 0 Å². The molecule has 0 aliphatic carbocycles. The molecule has 1 saturated heterocycles. The highest BCUT2D eigenvalue weighted by molar-refractivity contribution is 5.92. The number of hydrogen-bond acceptors (Lipinski definition) is 4. The monoisotopic (exact) mass is 392 g/mol. The van der Waals surface area contributed by atoms with Gasteiger partial charge in [-0.05, 0) is 67.9 Å². The van der Waals surface area contributed by atoms with Gasteiger partial charge in [0.15, 0.2) is 0 Å². The third kappa shape index (κ3) is 5.09. The lowest BCUT2D eigenvalue weighted by molar-refractivity contribution is -0.114. The van der Waals surface area contributed by atoms with E-state index < -0.39 is 0 Å². The summed E-state index contributed by atoms with van der Waals surface area (Å²) in [7, 11) is 0. The Morgan fingerprint density at radius 2 is 1.93 bits per heavy atom. The number of rotatable bonds is 5. The second kappa shape index (κ2) is 8.57. The molecule has 0 radical (unpaired) electrons. The van der Waals surface area contributed by atoms with Gasteiger partial charge in [-0.15, -0.1) is 0 Å². The van der Waals surface area contributed by atoms with Gasteiger partial charge in [-0.2, -0.15) is 0 Å². The van der Waals surface area contributed by atoms with E-state index in [0.717, 1.165) is 60.4 Å². The Balaban J connectivity index is 1.40. The first-order valence-corrected chi connectivity index (χ1v) is 9.97. The van der Waals surface area contributed by atoms with Gasteiger partial charge in [0.1, 0.15) is 5.82 Å². The number of benzene rings is 2. The number of piperidine rings is 1. The van der Waals surface area contributed by atoms with Crippen LogP contribution in [0, 0.1) is 5.82 Å².